The minimum atomic E-state index is -0.446. The van der Waals surface area contributed by atoms with Crippen LogP contribution in [0.4, 0.5) is 5.69 Å². The number of benzene rings is 4. The van der Waals surface area contributed by atoms with E-state index >= 15 is 0 Å². The number of hydrogen-bond acceptors (Lipinski definition) is 7. The maximum atomic E-state index is 13.5. The Bertz CT molecular complexity index is 2000. The minimum Gasteiger partial charge on any atom is -0.489 e. The minimum absolute atomic E-state index is 0.000208. The van der Waals surface area contributed by atoms with Gasteiger partial charge in [0, 0.05) is 22.5 Å². The van der Waals surface area contributed by atoms with Crippen molar-refractivity contribution in [2.75, 3.05) is 0 Å². The molecule has 0 aliphatic heterocycles. The molecule has 2 aromatic heterocycles. The van der Waals surface area contributed by atoms with Crippen molar-refractivity contribution >= 4 is 45.4 Å². The van der Waals surface area contributed by atoms with Gasteiger partial charge in [-0.1, -0.05) is 48.0 Å². The second kappa shape index (κ2) is 10.5. The van der Waals surface area contributed by atoms with Crippen molar-refractivity contribution in [1.82, 2.24) is 9.66 Å². The lowest BCUT2D eigenvalue weighted by Gasteiger charge is -2.08. The van der Waals surface area contributed by atoms with Gasteiger partial charge in [-0.05, 0) is 59.7 Å². The lowest BCUT2D eigenvalue weighted by molar-refractivity contribution is -0.384. The van der Waals surface area contributed by atoms with E-state index in [0.717, 1.165) is 5.39 Å². The fourth-order valence-electron chi connectivity index (χ4n) is 4.25. The first-order chi connectivity index (χ1) is 19.4. The van der Waals surface area contributed by atoms with Crippen LogP contribution < -0.4 is 10.3 Å². The summed E-state index contributed by atoms with van der Waals surface area (Å²) < 4.78 is 13.1. The summed E-state index contributed by atoms with van der Waals surface area (Å²) in [6, 6.07) is 27.4. The predicted molar refractivity (Wildman–Crippen MR) is 153 cm³/mol. The Morgan fingerprint density at radius 3 is 2.73 bits per heavy atom. The summed E-state index contributed by atoms with van der Waals surface area (Å²) in [5.74, 6) is 1.14. The molecule has 10 heteroatoms. The van der Waals surface area contributed by atoms with E-state index in [-0.39, 0.29) is 23.7 Å². The molecule has 0 saturated carbocycles. The first kappa shape index (κ1) is 25.0. The van der Waals surface area contributed by atoms with Gasteiger partial charge in [0.15, 0.2) is 5.76 Å². The SMILES string of the molecule is O=c1c2ccccc2nc(-c2cc3cc(Cl)ccc3o2)n1N=Cc1cccc(OCc2cccc([N+](=O)[O-])c2)c1. The third kappa shape index (κ3) is 5.05. The number of nitro benzene ring substituents is 1. The fraction of sp³-hybridized carbons (Fsp3) is 0.0333. The van der Waals surface area contributed by atoms with Crippen LogP contribution in [0.2, 0.25) is 5.02 Å². The Labute approximate surface area is 231 Å². The zero-order valence-corrected chi connectivity index (χ0v) is 21.5. The maximum absolute atomic E-state index is 13.5. The molecule has 196 valence electrons. The van der Waals surface area contributed by atoms with Gasteiger partial charge in [0.1, 0.15) is 17.9 Å². The number of rotatable bonds is 7. The lowest BCUT2D eigenvalue weighted by atomic mass is 10.2. The van der Waals surface area contributed by atoms with Gasteiger partial charge < -0.3 is 9.15 Å². The molecule has 0 fully saturated rings. The molecule has 0 unspecified atom stereocenters. The van der Waals surface area contributed by atoms with Gasteiger partial charge >= 0.3 is 0 Å². The van der Waals surface area contributed by atoms with Crippen molar-refractivity contribution in [3.8, 4) is 17.3 Å². The molecule has 0 spiro atoms. The molecule has 0 radical (unpaired) electrons. The Balaban J connectivity index is 1.34. The number of ether oxygens (including phenoxy) is 1. The molecular formula is C30H19ClN4O5. The van der Waals surface area contributed by atoms with Gasteiger partial charge in [-0.2, -0.15) is 9.78 Å². The maximum Gasteiger partial charge on any atom is 0.282 e. The Kier molecular flexibility index (Phi) is 6.55. The van der Waals surface area contributed by atoms with Gasteiger partial charge in [-0.3, -0.25) is 14.9 Å². The highest BCUT2D eigenvalue weighted by atomic mass is 35.5. The van der Waals surface area contributed by atoms with E-state index in [1.54, 1.807) is 72.8 Å². The van der Waals surface area contributed by atoms with E-state index in [2.05, 4.69) is 10.1 Å². The van der Waals surface area contributed by atoms with Crippen LogP contribution in [0.1, 0.15) is 11.1 Å². The molecule has 0 saturated heterocycles. The molecule has 0 amide bonds. The number of halogens is 1. The number of furan rings is 1. The van der Waals surface area contributed by atoms with Crippen molar-refractivity contribution in [1.29, 1.82) is 0 Å². The van der Waals surface area contributed by atoms with Crippen molar-refractivity contribution in [3.05, 3.63) is 134 Å². The summed E-state index contributed by atoms with van der Waals surface area (Å²) in [6.07, 6.45) is 1.53. The third-order valence-corrected chi connectivity index (χ3v) is 6.39. The topological polar surface area (TPSA) is 113 Å². The second-order valence-corrected chi connectivity index (χ2v) is 9.33. The summed E-state index contributed by atoms with van der Waals surface area (Å²) in [6.45, 7) is 0.149. The van der Waals surface area contributed by atoms with Gasteiger partial charge in [0.25, 0.3) is 11.2 Å². The van der Waals surface area contributed by atoms with E-state index in [9.17, 15) is 14.9 Å². The highest BCUT2D eigenvalue weighted by Gasteiger charge is 2.16. The third-order valence-electron chi connectivity index (χ3n) is 6.16. The van der Waals surface area contributed by atoms with Crippen LogP contribution >= 0.6 is 11.6 Å². The van der Waals surface area contributed by atoms with Crippen molar-refractivity contribution in [3.63, 3.8) is 0 Å². The zero-order chi connectivity index (χ0) is 27.6. The number of para-hydroxylation sites is 1. The largest absolute Gasteiger partial charge is 0.489 e. The van der Waals surface area contributed by atoms with Crippen LogP contribution in [0.5, 0.6) is 5.75 Å². The van der Waals surface area contributed by atoms with Crippen LogP contribution in [-0.4, -0.2) is 20.8 Å². The molecule has 0 bridgehead atoms. The van der Waals surface area contributed by atoms with E-state index in [0.29, 0.717) is 44.1 Å². The van der Waals surface area contributed by atoms with E-state index in [4.69, 9.17) is 20.8 Å². The first-order valence-electron chi connectivity index (χ1n) is 12.2. The highest BCUT2D eigenvalue weighted by molar-refractivity contribution is 6.31. The highest BCUT2D eigenvalue weighted by Crippen LogP contribution is 2.29. The second-order valence-electron chi connectivity index (χ2n) is 8.90. The molecule has 2 heterocycles. The van der Waals surface area contributed by atoms with E-state index < -0.39 is 4.92 Å². The number of non-ortho nitro benzene ring substituents is 1. The Hall–Kier alpha value is -5.28. The molecular weight excluding hydrogens is 532 g/mol. The predicted octanol–water partition coefficient (Wildman–Crippen LogP) is 6.83. The molecule has 40 heavy (non-hydrogen) atoms. The average molecular weight is 551 g/mol. The molecule has 6 rings (SSSR count). The van der Waals surface area contributed by atoms with Crippen LogP contribution in [0.25, 0.3) is 33.5 Å². The molecule has 0 aliphatic carbocycles. The van der Waals surface area contributed by atoms with Crippen LogP contribution in [0, 0.1) is 10.1 Å². The van der Waals surface area contributed by atoms with Crippen molar-refractivity contribution in [2.24, 2.45) is 5.10 Å². The monoisotopic (exact) mass is 550 g/mol. The summed E-state index contributed by atoms with van der Waals surface area (Å²) in [5.41, 5.74) is 2.10. The number of aromatic nitrogens is 2. The fourth-order valence-corrected chi connectivity index (χ4v) is 4.43. The molecule has 0 N–H and O–H groups in total. The lowest BCUT2D eigenvalue weighted by Crippen LogP contribution is -2.20. The summed E-state index contributed by atoms with van der Waals surface area (Å²) in [4.78, 5) is 28.8. The number of nitro groups is 1. The van der Waals surface area contributed by atoms with E-state index in [1.807, 2.05) is 12.1 Å². The first-order valence-corrected chi connectivity index (χ1v) is 12.5. The number of nitrogens with zero attached hydrogens (tertiary/aromatic N) is 4. The standard InChI is InChI=1S/C30H19ClN4O5/c31-22-11-12-27-21(15-22)16-28(40-27)29-33-26-10-2-1-9-25(26)30(36)34(29)32-17-19-5-4-8-24(14-19)39-18-20-6-3-7-23(13-20)35(37)38/h1-17H,18H2. The van der Waals surface area contributed by atoms with Crippen LogP contribution in [-0.2, 0) is 6.61 Å². The normalized spacial score (nSPS) is 11.4. The van der Waals surface area contributed by atoms with Gasteiger partial charge in [0.05, 0.1) is 22.0 Å². The zero-order valence-electron chi connectivity index (χ0n) is 20.7. The average Bonchev–Trinajstić information content (AvgIpc) is 3.39. The number of fused-ring (bicyclic) bond motifs is 2. The number of hydrogen-bond donors (Lipinski definition) is 0. The van der Waals surface area contributed by atoms with Gasteiger partial charge in [-0.25, -0.2) is 4.98 Å². The molecule has 6 aromatic rings. The smallest absolute Gasteiger partial charge is 0.282 e. The summed E-state index contributed by atoms with van der Waals surface area (Å²) in [5, 5.41) is 17.3. The van der Waals surface area contributed by atoms with Gasteiger partial charge in [-0.15, -0.1) is 0 Å². The van der Waals surface area contributed by atoms with Gasteiger partial charge in [0.2, 0.25) is 5.82 Å². The van der Waals surface area contributed by atoms with Crippen molar-refractivity contribution in [2.45, 2.75) is 6.61 Å². The van der Waals surface area contributed by atoms with Crippen LogP contribution in [0.3, 0.4) is 0 Å². The molecule has 0 atom stereocenters. The summed E-state index contributed by atoms with van der Waals surface area (Å²) >= 11 is 6.14. The molecule has 0 aliphatic rings. The van der Waals surface area contributed by atoms with E-state index in [1.165, 1.54) is 23.0 Å². The van der Waals surface area contributed by atoms with Crippen molar-refractivity contribution < 1.29 is 14.1 Å². The van der Waals surface area contributed by atoms with Crippen LogP contribution in [0.15, 0.2) is 111 Å². The molecule has 9 nitrogen and oxygen atoms in total. The summed E-state index contributed by atoms with van der Waals surface area (Å²) in [7, 11) is 0. The Morgan fingerprint density at radius 2 is 1.85 bits per heavy atom. The Morgan fingerprint density at radius 1 is 1.00 bits per heavy atom. The quantitative estimate of drug-likeness (QED) is 0.122. The molecule has 4 aromatic carbocycles.